The second-order valence-electron chi connectivity index (χ2n) is 2.26. The van der Waals surface area contributed by atoms with Crippen molar-refractivity contribution in [1.29, 1.82) is 0 Å². The van der Waals surface area contributed by atoms with E-state index in [2.05, 4.69) is 4.98 Å². The summed E-state index contributed by atoms with van der Waals surface area (Å²) in [5.41, 5.74) is -1.01. The molecule has 6 heteroatoms. The molecule has 0 unspecified atom stereocenters. The highest BCUT2D eigenvalue weighted by molar-refractivity contribution is 6.30. The number of aliphatic hydroxyl groups excluding tert-OH is 1. The Morgan fingerprint density at radius 3 is 2.62 bits per heavy atom. The predicted octanol–water partition coefficient (Wildman–Crippen LogP) is 2.30. The van der Waals surface area contributed by atoms with Crippen molar-refractivity contribution in [2.75, 3.05) is 0 Å². The molecular weight excluding hydrogens is 207 g/mol. The molecule has 1 heterocycles. The van der Waals surface area contributed by atoms with E-state index >= 15 is 0 Å². The van der Waals surface area contributed by atoms with E-state index in [0.717, 1.165) is 0 Å². The van der Waals surface area contributed by atoms with Crippen LogP contribution in [0.3, 0.4) is 0 Å². The third kappa shape index (κ3) is 2.10. The van der Waals surface area contributed by atoms with E-state index in [1.807, 2.05) is 0 Å². The Morgan fingerprint density at radius 1 is 1.54 bits per heavy atom. The Morgan fingerprint density at radius 2 is 2.15 bits per heavy atom. The standard InChI is InChI=1S/C7H5ClF3NO/c8-6-3(7(10)11)1-4(9)5(2-13)12-6/h1,7,13H,2H2. The van der Waals surface area contributed by atoms with Gasteiger partial charge in [0.05, 0.1) is 12.2 Å². The molecule has 72 valence electrons. The van der Waals surface area contributed by atoms with Crippen LogP contribution in [0.2, 0.25) is 5.15 Å². The highest BCUT2D eigenvalue weighted by Crippen LogP contribution is 2.26. The fourth-order valence-electron chi connectivity index (χ4n) is 0.780. The van der Waals surface area contributed by atoms with Gasteiger partial charge in [0, 0.05) is 0 Å². The van der Waals surface area contributed by atoms with Gasteiger partial charge in [-0.1, -0.05) is 11.6 Å². The lowest BCUT2D eigenvalue weighted by atomic mass is 10.2. The van der Waals surface area contributed by atoms with Crippen molar-refractivity contribution in [3.05, 3.63) is 28.3 Å². The highest BCUT2D eigenvalue weighted by Gasteiger charge is 2.16. The van der Waals surface area contributed by atoms with Gasteiger partial charge in [0.1, 0.15) is 16.7 Å². The number of aliphatic hydroxyl groups is 1. The van der Waals surface area contributed by atoms with Crippen LogP contribution in [0, 0.1) is 5.82 Å². The molecule has 0 radical (unpaired) electrons. The minimum absolute atomic E-state index is 0.339. The normalized spacial score (nSPS) is 10.9. The first-order chi connectivity index (χ1) is 6.06. The van der Waals surface area contributed by atoms with Crippen LogP contribution in [0.15, 0.2) is 6.07 Å². The third-order valence-corrected chi connectivity index (χ3v) is 1.72. The van der Waals surface area contributed by atoms with Gasteiger partial charge < -0.3 is 5.11 Å². The Bertz CT molecular complexity index is 319. The third-order valence-electron chi connectivity index (χ3n) is 1.41. The van der Waals surface area contributed by atoms with E-state index in [0.29, 0.717) is 6.07 Å². The summed E-state index contributed by atoms with van der Waals surface area (Å²) in [6.07, 6.45) is -2.87. The van der Waals surface area contributed by atoms with Crippen molar-refractivity contribution in [3.63, 3.8) is 0 Å². The quantitative estimate of drug-likeness (QED) is 0.762. The molecule has 0 saturated carbocycles. The number of halogens is 4. The van der Waals surface area contributed by atoms with Gasteiger partial charge in [0.25, 0.3) is 6.43 Å². The average Bonchev–Trinajstić information content (AvgIpc) is 2.07. The molecule has 0 aliphatic rings. The van der Waals surface area contributed by atoms with Gasteiger partial charge in [-0.25, -0.2) is 18.2 Å². The summed E-state index contributed by atoms with van der Waals surface area (Å²) in [5.74, 6) is -0.984. The first-order valence-electron chi connectivity index (χ1n) is 3.30. The molecule has 1 rings (SSSR count). The summed E-state index contributed by atoms with van der Waals surface area (Å²) in [6, 6.07) is 0.575. The Balaban J connectivity index is 3.20. The molecule has 0 spiro atoms. The summed E-state index contributed by atoms with van der Waals surface area (Å²) in [7, 11) is 0. The summed E-state index contributed by atoms with van der Waals surface area (Å²) in [6.45, 7) is -0.672. The van der Waals surface area contributed by atoms with Gasteiger partial charge in [-0.15, -0.1) is 0 Å². The first kappa shape index (κ1) is 10.3. The molecule has 1 aromatic rings. The van der Waals surface area contributed by atoms with Crippen molar-refractivity contribution in [3.8, 4) is 0 Å². The molecule has 2 nitrogen and oxygen atoms in total. The molecule has 13 heavy (non-hydrogen) atoms. The second-order valence-corrected chi connectivity index (χ2v) is 2.61. The van der Waals surface area contributed by atoms with Crippen LogP contribution in [0.5, 0.6) is 0 Å². The van der Waals surface area contributed by atoms with Crippen LogP contribution in [0.4, 0.5) is 13.2 Å². The maximum absolute atomic E-state index is 12.8. The van der Waals surface area contributed by atoms with E-state index < -0.39 is 29.6 Å². The van der Waals surface area contributed by atoms with Crippen LogP contribution in [0.25, 0.3) is 0 Å². The first-order valence-corrected chi connectivity index (χ1v) is 3.68. The van der Waals surface area contributed by atoms with E-state index in [9.17, 15) is 13.2 Å². The number of nitrogens with zero attached hydrogens (tertiary/aromatic N) is 1. The maximum atomic E-state index is 12.8. The number of aromatic nitrogens is 1. The molecule has 0 aromatic carbocycles. The largest absolute Gasteiger partial charge is 0.390 e. The van der Waals surface area contributed by atoms with Crippen LogP contribution in [0.1, 0.15) is 17.7 Å². The maximum Gasteiger partial charge on any atom is 0.266 e. The topological polar surface area (TPSA) is 33.1 Å². The summed E-state index contributed by atoms with van der Waals surface area (Å²) in [5, 5.41) is 8.04. The number of hydrogen-bond acceptors (Lipinski definition) is 2. The van der Waals surface area contributed by atoms with Gasteiger partial charge in [-0.2, -0.15) is 0 Å². The fraction of sp³-hybridized carbons (Fsp3) is 0.286. The summed E-state index contributed by atoms with van der Waals surface area (Å²) in [4.78, 5) is 3.27. The van der Waals surface area contributed by atoms with E-state index in [-0.39, 0.29) is 5.69 Å². The number of rotatable bonds is 2. The van der Waals surface area contributed by atoms with E-state index in [1.165, 1.54) is 0 Å². The second kappa shape index (κ2) is 3.93. The SMILES string of the molecule is OCc1nc(Cl)c(C(F)F)cc1F. The number of pyridine rings is 1. The average molecular weight is 212 g/mol. The van der Waals surface area contributed by atoms with Crippen molar-refractivity contribution < 1.29 is 18.3 Å². The molecule has 0 atom stereocenters. The molecular formula is C7H5ClF3NO. The van der Waals surface area contributed by atoms with Crippen LogP contribution >= 0.6 is 11.6 Å². The smallest absolute Gasteiger partial charge is 0.266 e. The molecule has 0 saturated heterocycles. The van der Waals surface area contributed by atoms with Crippen LogP contribution < -0.4 is 0 Å². The Kier molecular flexibility index (Phi) is 3.11. The van der Waals surface area contributed by atoms with Gasteiger partial charge in [0.15, 0.2) is 0 Å². The summed E-state index contributed by atoms with van der Waals surface area (Å²) >= 11 is 5.31. The highest BCUT2D eigenvalue weighted by atomic mass is 35.5. The Hall–Kier alpha value is -0.810. The van der Waals surface area contributed by atoms with E-state index in [1.54, 1.807) is 0 Å². The lowest BCUT2D eigenvalue weighted by Gasteiger charge is -2.04. The minimum atomic E-state index is -2.87. The fourth-order valence-corrected chi connectivity index (χ4v) is 1.02. The molecule has 1 aromatic heterocycles. The van der Waals surface area contributed by atoms with Crippen molar-refractivity contribution in [2.45, 2.75) is 13.0 Å². The van der Waals surface area contributed by atoms with Crippen LogP contribution in [-0.4, -0.2) is 10.1 Å². The zero-order chi connectivity index (χ0) is 10.0. The lowest BCUT2D eigenvalue weighted by Crippen LogP contribution is -1.99. The molecule has 0 amide bonds. The molecule has 0 fully saturated rings. The molecule has 1 N–H and O–H groups in total. The summed E-state index contributed by atoms with van der Waals surface area (Å²) < 4.78 is 37.0. The van der Waals surface area contributed by atoms with Crippen molar-refractivity contribution in [2.24, 2.45) is 0 Å². The molecule has 0 bridgehead atoms. The van der Waals surface area contributed by atoms with Gasteiger partial charge >= 0.3 is 0 Å². The van der Waals surface area contributed by atoms with Gasteiger partial charge in [-0.3, -0.25) is 0 Å². The number of alkyl halides is 2. The zero-order valence-electron chi connectivity index (χ0n) is 6.27. The van der Waals surface area contributed by atoms with Crippen LogP contribution in [-0.2, 0) is 6.61 Å². The molecule has 0 aliphatic heterocycles. The van der Waals surface area contributed by atoms with Crippen molar-refractivity contribution >= 4 is 11.6 Å². The lowest BCUT2D eigenvalue weighted by molar-refractivity contribution is 0.150. The van der Waals surface area contributed by atoms with Gasteiger partial charge in [0.2, 0.25) is 0 Å². The van der Waals surface area contributed by atoms with E-state index in [4.69, 9.17) is 16.7 Å². The molecule has 0 aliphatic carbocycles. The minimum Gasteiger partial charge on any atom is -0.390 e. The predicted molar refractivity (Wildman–Crippen MR) is 40.1 cm³/mol. The Labute approximate surface area is 77.0 Å². The zero-order valence-corrected chi connectivity index (χ0v) is 7.02. The van der Waals surface area contributed by atoms with Gasteiger partial charge in [-0.05, 0) is 6.07 Å². The van der Waals surface area contributed by atoms with Crippen molar-refractivity contribution in [1.82, 2.24) is 4.98 Å². The number of hydrogen-bond donors (Lipinski definition) is 1. The monoisotopic (exact) mass is 211 g/mol.